The van der Waals surface area contributed by atoms with Crippen LogP contribution in [0.3, 0.4) is 0 Å². The highest BCUT2D eigenvalue weighted by molar-refractivity contribution is 7.13. The van der Waals surface area contributed by atoms with Crippen molar-refractivity contribution in [1.29, 1.82) is 0 Å². The summed E-state index contributed by atoms with van der Waals surface area (Å²) in [7, 11) is 0. The largest absolute Gasteiger partial charge is 0.391 e. The number of nitrogens with zero attached hydrogens (tertiary/aromatic N) is 2. The second-order valence-corrected chi connectivity index (χ2v) is 13.7. The molecule has 3 N–H and O–H groups in total. The third kappa shape index (κ3) is 7.15. The normalized spacial score (nSPS) is 22.1. The summed E-state index contributed by atoms with van der Waals surface area (Å²) < 4.78 is 14.5. The molecule has 1 saturated carbocycles. The van der Waals surface area contributed by atoms with E-state index in [1.54, 1.807) is 32.1 Å². The van der Waals surface area contributed by atoms with Crippen LogP contribution in [0.25, 0.3) is 10.4 Å². The van der Waals surface area contributed by atoms with Crippen molar-refractivity contribution in [2.75, 3.05) is 6.54 Å². The van der Waals surface area contributed by atoms with Crippen LogP contribution in [0.1, 0.15) is 84.0 Å². The minimum absolute atomic E-state index is 0.0287. The van der Waals surface area contributed by atoms with Gasteiger partial charge in [-0.25, -0.2) is 9.37 Å². The minimum Gasteiger partial charge on any atom is -0.391 e. The van der Waals surface area contributed by atoms with Crippen LogP contribution in [0.15, 0.2) is 29.8 Å². The van der Waals surface area contributed by atoms with Crippen LogP contribution in [-0.2, 0) is 14.4 Å². The highest BCUT2D eigenvalue weighted by atomic mass is 32.1. The molecular weight excluding hydrogens is 543 g/mol. The maximum atomic E-state index is 14.5. The number of aliphatic hydroxyl groups is 1. The number of hydrogen-bond acceptors (Lipinski definition) is 6. The number of hydrogen-bond donors (Lipinski definition) is 3. The van der Waals surface area contributed by atoms with E-state index in [1.165, 1.54) is 4.90 Å². The highest BCUT2D eigenvalue weighted by Gasteiger charge is 2.53. The van der Waals surface area contributed by atoms with Gasteiger partial charge in [0, 0.05) is 13.0 Å². The summed E-state index contributed by atoms with van der Waals surface area (Å²) in [6.45, 7) is 11.6. The summed E-state index contributed by atoms with van der Waals surface area (Å²) in [6, 6.07) is 5.88. The lowest BCUT2D eigenvalue weighted by atomic mass is 9.85. The molecule has 1 aromatic heterocycles. The molecule has 2 heterocycles. The Balaban J connectivity index is 1.54. The van der Waals surface area contributed by atoms with Gasteiger partial charge in [0.2, 0.25) is 11.8 Å². The number of carbonyl (C=O) groups excluding carboxylic acids is 3. The second-order valence-electron chi connectivity index (χ2n) is 12.8. The Kier molecular flexibility index (Phi) is 9.23. The molecule has 4 rings (SSSR count). The van der Waals surface area contributed by atoms with Crippen molar-refractivity contribution in [2.24, 2.45) is 11.3 Å². The fourth-order valence-corrected chi connectivity index (χ4v) is 6.09. The number of nitrogens with one attached hydrogen (secondary N) is 2. The molecule has 41 heavy (non-hydrogen) atoms. The molecule has 10 heteroatoms. The zero-order chi connectivity index (χ0) is 30.1. The number of aliphatic hydroxyl groups excluding tert-OH is 1. The molecule has 1 saturated heterocycles. The lowest BCUT2D eigenvalue weighted by Gasteiger charge is -2.36. The van der Waals surface area contributed by atoms with Gasteiger partial charge in [-0.15, -0.1) is 11.3 Å². The first-order chi connectivity index (χ1) is 19.2. The predicted octanol–water partition coefficient (Wildman–Crippen LogP) is 4.71. The minimum atomic E-state index is -1.93. The van der Waals surface area contributed by atoms with E-state index in [9.17, 15) is 23.9 Å². The van der Waals surface area contributed by atoms with Gasteiger partial charge in [-0.05, 0) is 48.6 Å². The number of halogens is 1. The lowest BCUT2D eigenvalue weighted by Crippen LogP contribution is -2.59. The van der Waals surface area contributed by atoms with Gasteiger partial charge in [-0.3, -0.25) is 14.4 Å². The summed E-state index contributed by atoms with van der Waals surface area (Å²) in [5.41, 5.74) is 2.16. The van der Waals surface area contributed by atoms with Crippen LogP contribution < -0.4 is 10.6 Å². The number of likely N-dealkylation sites (tertiary alicyclic amines) is 1. The quantitative estimate of drug-likeness (QED) is 0.374. The highest BCUT2D eigenvalue weighted by Crippen LogP contribution is 2.40. The molecule has 2 fully saturated rings. The summed E-state index contributed by atoms with van der Waals surface area (Å²) in [4.78, 5) is 46.9. The number of carbonyl (C=O) groups is 3. The molecular formula is C31H43FN4O4S. The average Bonchev–Trinajstić information content (AvgIpc) is 3.33. The van der Waals surface area contributed by atoms with Crippen LogP contribution in [-0.4, -0.2) is 63.1 Å². The first-order valence-electron chi connectivity index (χ1n) is 14.5. The maximum absolute atomic E-state index is 14.5. The fraction of sp³-hybridized carbons (Fsp3) is 0.613. The number of alkyl halides is 1. The van der Waals surface area contributed by atoms with Gasteiger partial charge >= 0.3 is 0 Å². The number of aryl methyl sites for hydroxylation is 1. The van der Waals surface area contributed by atoms with Crippen molar-refractivity contribution in [3.8, 4) is 10.4 Å². The number of β-amino-alcohol motifs (C(OH)–C–C–N with tert-alkyl or cyclic N) is 1. The fourth-order valence-electron chi connectivity index (χ4n) is 5.28. The molecule has 224 valence electrons. The molecule has 0 bridgehead atoms. The van der Waals surface area contributed by atoms with E-state index in [1.807, 2.05) is 36.7 Å². The van der Waals surface area contributed by atoms with Crippen molar-refractivity contribution < 1.29 is 23.9 Å². The number of rotatable bonds is 10. The van der Waals surface area contributed by atoms with E-state index in [0.29, 0.717) is 12.3 Å². The zero-order valence-corrected chi connectivity index (χ0v) is 25.7. The Labute approximate surface area is 246 Å². The van der Waals surface area contributed by atoms with E-state index < -0.39 is 41.1 Å². The number of amides is 3. The van der Waals surface area contributed by atoms with Crippen molar-refractivity contribution >= 4 is 29.1 Å². The maximum Gasteiger partial charge on any atom is 0.258 e. The summed E-state index contributed by atoms with van der Waals surface area (Å²) >= 11 is 1.58. The Hall–Kier alpha value is -2.85. The molecule has 1 aliphatic heterocycles. The second kappa shape index (κ2) is 12.2. The van der Waals surface area contributed by atoms with E-state index in [4.69, 9.17) is 0 Å². The molecule has 3 amide bonds. The Morgan fingerprint density at radius 1 is 1.20 bits per heavy atom. The molecule has 8 nitrogen and oxygen atoms in total. The SMILES string of the molecule is CCC(C)C[C@H](NC(=O)[C@@H]1C[C@@H](O)CN1C(=O)C(NC(=O)C1(F)CC1)C(C)(C)C)c1ccc(-c2scnc2C)cc1. The van der Waals surface area contributed by atoms with E-state index in [-0.39, 0.29) is 37.8 Å². The third-order valence-corrected chi connectivity index (χ3v) is 9.30. The van der Waals surface area contributed by atoms with E-state index in [0.717, 1.165) is 28.1 Å². The Bertz CT molecular complexity index is 1250. The van der Waals surface area contributed by atoms with Gasteiger partial charge in [0.25, 0.3) is 5.91 Å². The topological polar surface area (TPSA) is 112 Å². The van der Waals surface area contributed by atoms with Gasteiger partial charge in [0.1, 0.15) is 12.1 Å². The molecule has 2 aromatic rings. The zero-order valence-electron chi connectivity index (χ0n) is 24.9. The van der Waals surface area contributed by atoms with Crippen molar-refractivity contribution in [1.82, 2.24) is 20.5 Å². The smallest absolute Gasteiger partial charge is 0.258 e. The summed E-state index contributed by atoms with van der Waals surface area (Å²) in [5.74, 6) is -1.30. The van der Waals surface area contributed by atoms with Gasteiger partial charge in [-0.2, -0.15) is 0 Å². The molecule has 1 aromatic carbocycles. The lowest BCUT2D eigenvalue weighted by molar-refractivity contribution is -0.145. The number of aromatic nitrogens is 1. The van der Waals surface area contributed by atoms with Crippen LogP contribution in [0.2, 0.25) is 0 Å². The van der Waals surface area contributed by atoms with Gasteiger partial charge in [0.05, 0.1) is 28.2 Å². The van der Waals surface area contributed by atoms with Crippen molar-refractivity contribution in [3.05, 3.63) is 41.0 Å². The Morgan fingerprint density at radius 3 is 2.39 bits per heavy atom. The summed E-state index contributed by atoms with van der Waals surface area (Å²) in [6.07, 6.45) is 1.15. The molecule has 5 atom stereocenters. The monoisotopic (exact) mass is 586 g/mol. The van der Waals surface area contributed by atoms with Gasteiger partial charge < -0.3 is 20.6 Å². The van der Waals surface area contributed by atoms with Crippen LogP contribution >= 0.6 is 11.3 Å². The van der Waals surface area contributed by atoms with E-state index >= 15 is 0 Å². The molecule has 0 radical (unpaired) electrons. The van der Waals surface area contributed by atoms with Crippen LogP contribution in [0.4, 0.5) is 4.39 Å². The summed E-state index contributed by atoms with van der Waals surface area (Å²) in [5, 5.41) is 16.3. The van der Waals surface area contributed by atoms with Gasteiger partial charge in [0.15, 0.2) is 5.67 Å². The predicted molar refractivity (Wildman–Crippen MR) is 158 cm³/mol. The van der Waals surface area contributed by atoms with Crippen molar-refractivity contribution in [3.63, 3.8) is 0 Å². The van der Waals surface area contributed by atoms with Crippen molar-refractivity contribution in [2.45, 2.75) is 104 Å². The molecule has 0 spiro atoms. The average molecular weight is 587 g/mol. The van der Waals surface area contributed by atoms with Crippen LogP contribution in [0.5, 0.6) is 0 Å². The third-order valence-electron chi connectivity index (χ3n) is 8.32. The standard InChI is InChI=1S/C31H43FN4O4S/c1-7-18(2)14-23(20-8-10-21(11-9-20)25-19(3)33-17-41-25)34-27(38)24-15-22(37)16-36(24)28(39)26(30(4,5)6)35-29(40)31(32)12-13-31/h8-11,17-18,22-24,26,37H,7,12-16H2,1-6H3,(H,34,38)(H,35,40)/t18?,22-,23+,24+,26?/m1/s1. The number of thiazole rings is 1. The molecule has 2 unspecified atom stereocenters. The van der Waals surface area contributed by atoms with E-state index in [2.05, 4.69) is 29.5 Å². The molecule has 1 aliphatic carbocycles. The number of benzene rings is 1. The molecule has 2 aliphatic rings. The first kappa shape index (κ1) is 31.1. The first-order valence-corrected chi connectivity index (χ1v) is 15.4. The van der Waals surface area contributed by atoms with Gasteiger partial charge in [-0.1, -0.05) is 65.3 Å². The van der Waals surface area contributed by atoms with Crippen LogP contribution in [0, 0.1) is 18.3 Å². The Morgan fingerprint density at radius 2 is 1.85 bits per heavy atom.